The number of rotatable bonds is 6. The number of nitrogens with zero attached hydrogens (tertiary/aromatic N) is 1. The second kappa shape index (κ2) is 9.02. The quantitative estimate of drug-likeness (QED) is 0.845. The second-order valence-corrected chi connectivity index (χ2v) is 7.18. The number of ether oxygens (including phenoxy) is 2. The van der Waals surface area contributed by atoms with Gasteiger partial charge in [-0.3, -0.25) is 9.69 Å². The number of benzene rings is 2. The van der Waals surface area contributed by atoms with Gasteiger partial charge < -0.3 is 14.8 Å². The molecule has 0 aliphatic carbocycles. The SMILES string of the molecule is C[C@@H]1CN([C@@H](C)C(=O)Nc2ccc(OCc3ccccc3)cc2)C[C@H](C)O1. The Balaban J connectivity index is 1.52. The molecule has 1 heterocycles. The van der Waals surface area contributed by atoms with Gasteiger partial charge in [0.2, 0.25) is 5.91 Å². The maximum absolute atomic E-state index is 12.6. The van der Waals surface area contributed by atoms with Crippen LogP contribution in [-0.2, 0) is 16.1 Å². The topological polar surface area (TPSA) is 50.8 Å². The Morgan fingerprint density at radius 2 is 1.74 bits per heavy atom. The zero-order valence-corrected chi connectivity index (χ0v) is 16.2. The summed E-state index contributed by atoms with van der Waals surface area (Å²) in [6, 6.07) is 17.3. The first kappa shape index (κ1) is 19.4. The van der Waals surface area contributed by atoms with Crippen molar-refractivity contribution in [2.24, 2.45) is 0 Å². The van der Waals surface area contributed by atoms with E-state index in [4.69, 9.17) is 9.47 Å². The standard InChI is InChI=1S/C22H28N2O3/c1-16-13-24(14-17(2)27-16)18(3)22(25)23-20-9-11-21(12-10-20)26-15-19-7-5-4-6-8-19/h4-12,16-18H,13-15H2,1-3H3,(H,23,25)/t16-,17+,18-/m0/s1. The maximum atomic E-state index is 12.6. The summed E-state index contributed by atoms with van der Waals surface area (Å²) in [4.78, 5) is 14.8. The molecule has 0 unspecified atom stereocenters. The Labute approximate surface area is 161 Å². The van der Waals surface area contributed by atoms with Crippen LogP contribution in [0.3, 0.4) is 0 Å². The van der Waals surface area contributed by atoms with Crippen molar-refractivity contribution in [1.29, 1.82) is 0 Å². The number of carbonyl (C=O) groups is 1. The van der Waals surface area contributed by atoms with E-state index in [2.05, 4.69) is 10.2 Å². The van der Waals surface area contributed by atoms with E-state index in [1.807, 2.05) is 75.4 Å². The third kappa shape index (κ3) is 5.55. The summed E-state index contributed by atoms with van der Waals surface area (Å²) in [5, 5.41) is 2.99. The van der Waals surface area contributed by atoms with Gasteiger partial charge in [-0.2, -0.15) is 0 Å². The van der Waals surface area contributed by atoms with Crippen molar-refractivity contribution < 1.29 is 14.3 Å². The molecule has 27 heavy (non-hydrogen) atoms. The molecule has 1 amide bonds. The molecule has 0 saturated carbocycles. The van der Waals surface area contributed by atoms with Crippen LogP contribution in [0.5, 0.6) is 5.75 Å². The van der Waals surface area contributed by atoms with E-state index in [1.54, 1.807) is 0 Å². The molecule has 1 fully saturated rings. The summed E-state index contributed by atoms with van der Waals surface area (Å²) in [5.74, 6) is 0.773. The van der Waals surface area contributed by atoms with Crippen LogP contribution in [0.15, 0.2) is 54.6 Å². The Morgan fingerprint density at radius 3 is 2.37 bits per heavy atom. The summed E-state index contributed by atoms with van der Waals surface area (Å²) in [6.07, 6.45) is 0.287. The van der Waals surface area contributed by atoms with Crippen LogP contribution >= 0.6 is 0 Å². The second-order valence-electron chi connectivity index (χ2n) is 7.18. The Morgan fingerprint density at radius 1 is 1.11 bits per heavy atom. The minimum absolute atomic E-state index is 0.00532. The lowest BCUT2D eigenvalue weighted by Gasteiger charge is -2.38. The minimum Gasteiger partial charge on any atom is -0.489 e. The van der Waals surface area contributed by atoms with Gasteiger partial charge in [-0.15, -0.1) is 0 Å². The molecule has 5 heteroatoms. The summed E-state index contributed by atoms with van der Waals surface area (Å²) in [7, 11) is 0. The van der Waals surface area contributed by atoms with Gasteiger partial charge in [0.05, 0.1) is 18.2 Å². The third-order valence-electron chi connectivity index (χ3n) is 4.75. The van der Waals surface area contributed by atoms with E-state index in [0.29, 0.717) is 6.61 Å². The van der Waals surface area contributed by atoms with E-state index in [9.17, 15) is 4.79 Å². The monoisotopic (exact) mass is 368 g/mol. The summed E-state index contributed by atoms with van der Waals surface area (Å²) in [6.45, 7) is 8.09. The summed E-state index contributed by atoms with van der Waals surface area (Å²) in [5.41, 5.74) is 1.89. The van der Waals surface area contributed by atoms with E-state index in [1.165, 1.54) is 0 Å². The van der Waals surface area contributed by atoms with Crippen LogP contribution in [0.25, 0.3) is 0 Å². The first-order valence-electron chi connectivity index (χ1n) is 9.48. The highest BCUT2D eigenvalue weighted by atomic mass is 16.5. The lowest BCUT2D eigenvalue weighted by molar-refractivity contribution is -0.126. The van der Waals surface area contributed by atoms with Gasteiger partial charge in [0.1, 0.15) is 12.4 Å². The van der Waals surface area contributed by atoms with Crippen molar-refractivity contribution in [3.63, 3.8) is 0 Å². The van der Waals surface area contributed by atoms with E-state index >= 15 is 0 Å². The van der Waals surface area contributed by atoms with Gasteiger partial charge in [0, 0.05) is 18.8 Å². The molecule has 0 spiro atoms. The predicted molar refractivity (Wildman–Crippen MR) is 107 cm³/mol. The van der Waals surface area contributed by atoms with Gasteiger partial charge in [-0.1, -0.05) is 30.3 Å². The Bertz CT molecular complexity index is 723. The minimum atomic E-state index is -0.201. The third-order valence-corrected chi connectivity index (χ3v) is 4.75. The Hall–Kier alpha value is -2.37. The summed E-state index contributed by atoms with van der Waals surface area (Å²) < 4.78 is 11.5. The molecule has 1 saturated heterocycles. The van der Waals surface area contributed by atoms with Gasteiger partial charge in [-0.25, -0.2) is 0 Å². The van der Waals surface area contributed by atoms with Gasteiger partial charge in [-0.05, 0) is 50.6 Å². The van der Waals surface area contributed by atoms with Crippen molar-refractivity contribution in [2.75, 3.05) is 18.4 Å². The largest absolute Gasteiger partial charge is 0.489 e. The summed E-state index contributed by atoms with van der Waals surface area (Å²) >= 11 is 0. The molecular weight excluding hydrogens is 340 g/mol. The van der Waals surface area contributed by atoms with Crippen LogP contribution in [0.1, 0.15) is 26.3 Å². The van der Waals surface area contributed by atoms with Crippen molar-refractivity contribution in [3.05, 3.63) is 60.2 Å². The number of carbonyl (C=O) groups excluding carboxylic acids is 1. The normalized spacial score (nSPS) is 21.4. The fraction of sp³-hybridized carbons (Fsp3) is 0.409. The molecule has 1 aliphatic rings. The molecule has 5 nitrogen and oxygen atoms in total. The molecule has 2 aromatic carbocycles. The van der Waals surface area contributed by atoms with E-state index < -0.39 is 0 Å². The van der Waals surface area contributed by atoms with Gasteiger partial charge in [0.25, 0.3) is 0 Å². The molecule has 1 N–H and O–H groups in total. The molecule has 1 aliphatic heterocycles. The van der Waals surface area contributed by atoms with E-state index in [0.717, 1.165) is 30.1 Å². The van der Waals surface area contributed by atoms with Crippen LogP contribution in [0, 0.1) is 0 Å². The molecule has 0 radical (unpaired) electrons. The maximum Gasteiger partial charge on any atom is 0.241 e. The molecule has 3 atom stereocenters. The van der Waals surface area contributed by atoms with Gasteiger partial charge >= 0.3 is 0 Å². The molecule has 2 aromatic rings. The number of amides is 1. The predicted octanol–water partition coefficient (Wildman–Crippen LogP) is 3.70. The highest BCUT2D eigenvalue weighted by Gasteiger charge is 2.29. The smallest absolute Gasteiger partial charge is 0.241 e. The first-order valence-corrected chi connectivity index (χ1v) is 9.48. The molecular formula is C22H28N2O3. The fourth-order valence-corrected chi connectivity index (χ4v) is 3.32. The van der Waals surface area contributed by atoms with Crippen LogP contribution in [0.2, 0.25) is 0 Å². The zero-order valence-electron chi connectivity index (χ0n) is 16.2. The number of hydrogen-bond donors (Lipinski definition) is 1. The average molecular weight is 368 g/mol. The lowest BCUT2D eigenvalue weighted by atomic mass is 10.1. The van der Waals surface area contributed by atoms with Gasteiger partial charge in [0.15, 0.2) is 0 Å². The highest BCUT2D eigenvalue weighted by Crippen LogP contribution is 2.19. The lowest BCUT2D eigenvalue weighted by Crippen LogP contribution is -2.52. The number of anilines is 1. The van der Waals surface area contributed by atoms with Crippen molar-refractivity contribution in [1.82, 2.24) is 4.90 Å². The number of nitrogens with one attached hydrogen (secondary N) is 1. The van der Waals surface area contributed by atoms with Crippen molar-refractivity contribution in [3.8, 4) is 5.75 Å². The number of morpholine rings is 1. The number of hydrogen-bond acceptors (Lipinski definition) is 4. The highest BCUT2D eigenvalue weighted by molar-refractivity contribution is 5.94. The molecule has 0 bridgehead atoms. The van der Waals surface area contributed by atoms with Crippen LogP contribution in [-0.4, -0.2) is 42.1 Å². The molecule has 3 rings (SSSR count). The Kier molecular flexibility index (Phi) is 6.48. The van der Waals surface area contributed by atoms with Crippen LogP contribution < -0.4 is 10.1 Å². The van der Waals surface area contributed by atoms with E-state index in [-0.39, 0.29) is 24.2 Å². The van der Waals surface area contributed by atoms with Crippen molar-refractivity contribution >= 4 is 11.6 Å². The van der Waals surface area contributed by atoms with Crippen molar-refractivity contribution in [2.45, 2.75) is 45.6 Å². The first-order chi connectivity index (χ1) is 13.0. The fourth-order valence-electron chi connectivity index (χ4n) is 3.32. The zero-order chi connectivity index (χ0) is 19.2. The molecule has 144 valence electrons. The average Bonchev–Trinajstić information content (AvgIpc) is 2.67. The van der Waals surface area contributed by atoms with Crippen LogP contribution in [0.4, 0.5) is 5.69 Å². The molecule has 0 aromatic heterocycles.